The highest BCUT2D eigenvalue weighted by molar-refractivity contribution is 9.10. The van der Waals surface area contributed by atoms with Crippen molar-refractivity contribution in [1.29, 1.82) is 0 Å². The zero-order chi connectivity index (χ0) is 15.1. The Morgan fingerprint density at radius 3 is 3.00 bits per heavy atom. The third-order valence-electron chi connectivity index (χ3n) is 3.38. The molecule has 0 saturated carbocycles. The van der Waals surface area contributed by atoms with Gasteiger partial charge in [-0.25, -0.2) is 4.98 Å². The molecule has 0 spiro atoms. The predicted octanol–water partition coefficient (Wildman–Crippen LogP) is 4.32. The van der Waals surface area contributed by atoms with Gasteiger partial charge in [0, 0.05) is 15.5 Å². The number of hydrogen-bond donors (Lipinski definition) is 2. The maximum absolute atomic E-state index is 12.3. The number of H-pyrrole nitrogens is 1. The number of carbonyl (C=O) groups excluding carboxylic acids is 1. The molecule has 2 heterocycles. The van der Waals surface area contributed by atoms with Crippen LogP contribution in [0.15, 0.2) is 57.7 Å². The molecule has 0 aliphatic rings. The topological polar surface area (TPSA) is 70.9 Å². The van der Waals surface area contributed by atoms with Gasteiger partial charge in [-0.2, -0.15) is 0 Å². The maximum Gasteiger partial charge on any atom is 0.291 e. The van der Waals surface area contributed by atoms with Crippen molar-refractivity contribution in [3.8, 4) is 0 Å². The van der Waals surface area contributed by atoms with E-state index < -0.39 is 0 Å². The highest BCUT2D eigenvalue weighted by atomic mass is 79.9. The van der Waals surface area contributed by atoms with E-state index in [0.29, 0.717) is 11.3 Å². The van der Waals surface area contributed by atoms with E-state index in [-0.39, 0.29) is 11.7 Å². The first-order chi connectivity index (χ1) is 10.7. The van der Waals surface area contributed by atoms with Crippen molar-refractivity contribution in [1.82, 2.24) is 9.97 Å². The second-order valence-electron chi connectivity index (χ2n) is 4.88. The van der Waals surface area contributed by atoms with E-state index in [2.05, 4.69) is 31.2 Å². The van der Waals surface area contributed by atoms with Crippen LogP contribution in [-0.4, -0.2) is 15.9 Å². The van der Waals surface area contributed by atoms with Crippen LogP contribution in [0.25, 0.3) is 22.0 Å². The molecule has 0 bridgehead atoms. The highest BCUT2D eigenvalue weighted by Gasteiger charge is 2.13. The molecular formula is C16H10BrN3O2. The number of anilines is 1. The summed E-state index contributed by atoms with van der Waals surface area (Å²) < 4.78 is 6.50. The predicted molar refractivity (Wildman–Crippen MR) is 88.0 cm³/mol. The minimum Gasteiger partial charge on any atom is -0.451 e. The fourth-order valence-corrected chi connectivity index (χ4v) is 2.66. The summed E-state index contributed by atoms with van der Waals surface area (Å²) in [6.45, 7) is 0. The molecular weight excluding hydrogens is 346 g/mol. The van der Waals surface area contributed by atoms with Crippen LogP contribution in [0.4, 0.5) is 5.69 Å². The summed E-state index contributed by atoms with van der Waals surface area (Å²) in [6.07, 6.45) is 1.62. The van der Waals surface area contributed by atoms with Gasteiger partial charge in [-0.15, -0.1) is 0 Å². The summed E-state index contributed by atoms with van der Waals surface area (Å²) in [5.74, 6) is -0.0102. The molecule has 1 amide bonds. The Morgan fingerprint density at radius 1 is 1.18 bits per heavy atom. The van der Waals surface area contributed by atoms with Gasteiger partial charge in [-0.3, -0.25) is 4.79 Å². The molecule has 4 rings (SSSR count). The summed E-state index contributed by atoms with van der Waals surface area (Å²) in [4.78, 5) is 19.5. The first kappa shape index (κ1) is 13.1. The van der Waals surface area contributed by atoms with Crippen LogP contribution >= 0.6 is 15.9 Å². The van der Waals surface area contributed by atoms with E-state index in [4.69, 9.17) is 4.42 Å². The summed E-state index contributed by atoms with van der Waals surface area (Å²) in [7, 11) is 0. The van der Waals surface area contributed by atoms with Crippen LogP contribution in [0.2, 0.25) is 0 Å². The molecule has 0 aliphatic carbocycles. The lowest BCUT2D eigenvalue weighted by Crippen LogP contribution is -2.10. The van der Waals surface area contributed by atoms with Gasteiger partial charge in [-0.1, -0.05) is 15.9 Å². The Balaban J connectivity index is 1.64. The number of carbonyl (C=O) groups is 1. The van der Waals surface area contributed by atoms with Crippen molar-refractivity contribution in [2.24, 2.45) is 0 Å². The normalized spacial score (nSPS) is 11.1. The minimum absolute atomic E-state index is 0.276. The number of fused-ring (bicyclic) bond motifs is 2. The average Bonchev–Trinajstić information content (AvgIpc) is 3.12. The van der Waals surface area contributed by atoms with Crippen molar-refractivity contribution in [3.05, 3.63) is 59.0 Å². The van der Waals surface area contributed by atoms with Crippen LogP contribution in [0.5, 0.6) is 0 Å². The molecule has 0 atom stereocenters. The van der Waals surface area contributed by atoms with Crippen LogP contribution in [0.1, 0.15) is 10.6 Å². The number of amides is 1. The van der Waals surface area contributed by atoms with Crippen LogP contribution in [0, 0.1) is 0 Å². The quantitative estimate of drug-likeness (QED) is 0.562. The van der Waals surface area contributed by atoms with Gasteiger partial charge < -0.3 is 14.7 Å². The Kier molecular flexibility index (Phi) is 2.97. The first-order valence-corrected chi connectivity index (χ1v) is 7.42. The van der Waals surface area contributed by atoms with Crippen LogP contribution in [-0.2, 0) is 0 Å². The van der Waals surface area contributed by atoms with Crippen molar-refractivity contribution in [2.45, 2.75) is 0 Å². The molecule has 0 unspecified atom stereocenters. The highest BCUT2D eigenvalue weighted by Crippen LogP contribution is 2.24. The molecule has 2 aromatic carbocycles. The largest absolute Gasteiger partial charge is 0.451 e. The lowest BCUT2D eigenvalue weighted by atomic mass is 10.2. The van der Waals surface area contributed by atoms with Crippen LogP contribution in [0.3, 0.4) is 0 Å². The summed E-state index contributed by atoms with van der Waals surface area (Å²) in [5, 5.41) is 3.71. The fourth-order valence-electron chi connectivity index (χ4n) is 2.32. The molecule has 2 N–H and O–H groups in total. The number of aromatic nitrogens is 2. The number of hydrogen-bond acceptors (Lipinski definition) is 3. The molecule has 108 valence electrons. The number of nitrogens with zero attached hydrogens (tertiary/aromatic N) is 1. The van der Waals surface area contributed by atoms with Crippen molar-refractivity contribution < 1.29 is 9.21 Å². The number of aromatic amines is 1. The molecule has 0 aliphatic heterocycles. The minimum atomic E-state index is -0.286. The molecule has 2 aromatic heterocycles. The Hall–Kier alpha value is -2.60. The first-order valence-electron chi connectivity index (χ1n) is 6.63. The SMILES string of the molecule is O=C(Nc1ccc2nc[nH]c2c1)c1cc2ccc(Br)cc2o1. The summed E-state index contributed by atoms with van der Waals surface area (Å²) in [6, 6.07) is 12.9. The third kappa shape index (κ3) is 2.27. The molecule has 4 aromatic rings. The molecule has 5 nitrogen and oxygen atoms in total. The Morgan fingerprint density at radius 2 is 2.09 bits per heavy atom. The molecule has 0 fully saturated rings. The van der Waals surface area contributed by atoms with Crippen molar-refractivity contribution >= 4 is 49.5 Å². The zero-order valence-electron chi connectivity index (χ0n) is 11.3. The van der Waals surface area contributed by atoms with Gasteiger partial charge in [0.1, 0.15) is 5.58 Å². The van der Waals surface area contributed by atoms with E-state index >= 15 is 0 Å². The number of rotatable bonds is 2. The number of imidazole rings is 1. The van der Waals surface area contributed by atoms with Gasteiger partial charge in [0.2, 0.25) is 0 Å². The van der Waals surface area contributed by atoms with Gasteiger partial charge >= 0.3 is 0 Å². The second-order valence-corrected chi connectivity index (χ2v) is 5.80. The van der Waals surface area contributed by atoms with Gasteiger partial charge in [0.25, 0.3) is 5.91 Å². The van der Waals surface area contributed by atoms with E-state index in [1.54, 1.807) is 18.5 Å². The lowest BCUT2D eigenvalue weighted by Gasteiger charge is -2.02. The standard InChI is InChI=1S/C16H10BrN3O2/c17-10-2-1-9-5-15(22-14(9)6-10)16(21)20-11-3-4-12-13(7-11)19-8-18-12/h1-8H,(H,18,19)(H,20,21). The fraction of sp³-hybridized carbons (Fsp3) is 0. The van der Waals surface area contributed by atoms with E-state index in [1.807, 2.05) is 30.3 Å². The molecule has 22 heavy (non-hydrogen) atoms. The molecule has 6 heteroatoms. The average molecular weight is 356 g/mol. The number of halogens is 1. The van der Waals surface area contributed by atoms with E-state index in [1.165, 1.54) is 0 Å². The summed E-state index contributed by atoms with van der Waals surface area (Å²) >= 11 is 3.38. The number of furan rings is 1. The van der Waals surface area contributed by atoms with E-state index in [9.17, 15) is 4.79 Å². The Labute approximate surface area is 133 Å². The van der Waals surface area contributed by atoms with Crippen molar-refractivity contribution in [3.63, 3.8) is 0 Å². The van der Waals surface area contributed by atoms with Crippen molar-refractivity contribution in [2.75, 3.05) is 5.32 Å². The monoisotopic (exact) mass is 355 g/mol. The summed E-state index contributed by atoms with van der Waals surface area (Å²) in [5.41, 5.74) is 3.07. The molecule has 0 saturated heterocycles. The number of benzene rings is 2. The third-order valence-corrected chi connectivity index (χ3v) is 3.88. The smallest absolute Gasteiger partial charge is 0.291 e. The number of nitrogens with one attached hydrogen (secondary N) is 2. The maximum atomic E-state index is 12.3. The van der Waals surface area contributed by atoms with Gasteiger partial charge in [0.15, 0.2) is 5.76 Å². The zero-order valence-corrected chi connectivity index (χ0v) is 12.8. The molecule has 0 radical (unpaired) electrons. The van der Waals surface area contributed by atoms with E-state index in [0.717, 1.165) is 20.9 Å². The van der Waals surface area contributed by atoms with Gasteiger partial charge in [0.05, 0.1) is 17.4 Å². The lowest BCUT2D eigenvalue weighted by molar-refractivity contribution is 0.0998. The van der Waals surface area contributed by atoms with Crippen LogP contribution < -0.4 is 5.32 Å². The Bertz CT molecular complexity index is 1000. The van der Waals surface area contributed by atoms with Gasteiger partial charge in [-0.05, 0) is 42.5 Å². The second kappa shape index (κ2) is 4.99.